The summed E-state index contributed by atoms with van der Waals surface area (Å²) in [6.45, 7) is 0.455. The molecule has 1 atom stereocenters. The molecule has 0 aromatic carbocycles. The Morgan fingerprint density at radius 3 is 2.44 bits per heavy atom. The number of ether oxygens (including phenoxy) is 1. The van der Waals surface area contributed by atoms with Crippen molar-refractivity contribution >= 4 is 0 Å². The Bertz CT molecular complexity index is 268. The van der Waals surface area contributed by atoms with E-state index in [-0.39, 0.29) is 5.60 Å². The van der Waals surface area contributed by atoms with Crippen molar-refractivity contribution in [2.45, 2.75) is 37.3 Å². The van der Waals surface area contributed by atoms with Crippen molar-refractivity contribution in [1.29, 1.82) is 0 Å². The Kier molecular flexibility index (Phi) is 2.48. The molecule has 0 aromatic rings. The molecule has 3 aliphatic rings. The summed E-state index contributed by atoms with van der Waals surface area (Å²) in [4.78, 5) is 0. The summed E-state index contributed by atoms with van der Waals surface area (Å²) >= 11 is 0. The zero-order chi connectivity index (χ0) is 11.2. The Hall–Kier alpha value is -0.220. The van der Waals surface area contributed by atoms with E-state index in [0.717, 1.165) is 6.54 Å². The third-order valence-corrected chi connectivity index (χ3v) is 4.43. The van der Waals surface area contributed by atoms with Gasteiger partial charge in [0.1, 0.15) is 0 Å². The molecule has 2 nitrogen and oxygen atoms in total. The third-order valence-electron chi connectivity index (χ3n) is 4.43. The van der Waals surface area contributed by atoms with Gasteiger partial charge in [-0.3, -0.25) is 8.78 Å². The highest BCUT2D eigenvalue weighted by atomic mass is 19.1. The van der Waals surface area contributed by atoms with Gasteiger partial charge >= 0.3 is 0 Å². The second-order valence-corrected chi connectivity index (χ2v) is 5.80. The summed E-state index contributed by atoms with van der Waals surface area (Å²) in [6, 6.07) is 0.340. The number of halogens is 2. The van der Waals surface area contributed by atoms with Crippen molar-refractivity contribution < 1.29 is 13.5 Å². The molecule has 2 aliphatic carbocycles. The topological polar surface area (TPSA) is 21.3 Å². The molecule has 0 aromatic heterocycles. The van der Waals surface area contributed by atoms with Crippen molar-refractivity contribution in [3.8, 4) is 0 Å². The van der Waals surface area contributed by atoms with Crippen LogP contribution in [0.3, 0.4) is 0 Å². The summed E-state index contributed by atoms with van der Waals surface area (Å²) in [5, 5.41) is 3.49. The van der Waals surface area contributed by atoms with E-state index in [4.69, 9.17) is 4.74 Å². The first-order valence-corrected chi connectivity index (χ1v) is 6.23. The first-order chi connectivity index (χ1) is 7.74. The second kappa shape index (κ2) is 3.64. The van der Waals surface area contributed by atoms with Gasteiger partial charge in [-0.25, -0.2) is 0 Å². The molecule has 0 radical (unpaired) electrons. The zero-order valence-electron chi connectivity index (χ0n) is 9.48. The van der Waals surface area contributed by atoms with E-state index < -0.39 is 18.8 Å². The monoisotopic (exact) mass is 231 g/mol. The highest BCUT2D eigenvalue weighted by Gasteiger charge is 2.62. The highest BCUT2D eigenvalue weighted by Crippen LogP contribution is 2.57. The Labute approximate surface area is 94.7 Å². The molecule has 1 unspecified atom stereocenters. The fourth-order valence-corrected chi connectivity index (χ4v) is 3.53. The van der Waals surface area contributed by atoms with Gasteiger partial charge in [-0.1, -0.05) is 0 Å². The predicted octanol–water partition coefficient (Wildman–Crippen LogP) is 1.84. The fraction of sp³-hybridized carbons (Fsp3) is 1.00. The van der Waals surface area contributed by atoms with E-state index in [1.165, 1.54) is 12.8 Å². The van der Waals surface area contributed by atoms with Crippen LogP contribution >= 0.6 is 0 Å². The molecule has 1 N–H and O–H groups in total. The van der Waals surface area contributed by atoms with Gasteiger partial charge in [-0.15, -0.1) is 0 Å². The SMILES string of the molecule is FCC1(CF)CC2(C1)OCCNC2C1CC1. The van der Waals surface area contributed by atoms with Gasteiger partial charge in [0.15, 0.2) is 0 Å². The van der Waals surface area contributed by atoms with Crippen LogP contribution in [0.4, 0.5) is 8.78 Å². The largest absolute Gasteiger partial charge is 0.372 e. The van der Waals surface area contributed by atoms with Crippen molar-refractivity contribution in [3.05, 3.63) is 0 Å². The molecule has 2 saturated carbocycles. The molecule has 0 bridgehead atoms. The van der Waals surface area contributed by atoms with Crippen LogP contribution in [0.1, 0.15) is 25.7 Å². The van der Waals surface area contributed by atoms with E-state index in [1.54, 1.807) is 0 Å². The van der Waals surface area contributed by atoms with E-state index in [1.807, 2.05) is 0 Å². The Morgan fingerprint density at radius 1 is 1.19 bits per heavy atom. The van der Waals surface area contributed by atoms with Crippen molar-refractivity contribution in [1.82, 2.24) is 5.32 Å². The number of morpholine rings is 1. The highest BCUT2D eigenvalue weighted by molar-refractivity contribution is 5.15. The predicted molar refractivity (Wildman–Crippen MR) is 56.8 cm³/mol. The molecule has 1 aliphatic heterocycles. The first kappa shape index (κ1) is 10.9. The molecule has 92 valence electrons. The van der Waals surface area contributed by atoms with Crippen molar-refractivity contribution in [2.75, 3.05) is 26.5 Å². The van der Waals surface area contributed by atoms with E-state index in [0.29, 0.717) is 31.4 Å². The van der Waals surface area contributed by atoms with Gasteiger partial charge < -0.3 is 10.1 Å². The van der Waals surface area contributed by atoms with Crippen LogP contribution in [-0.2, 0) is 4.74 Å². The maximum atomic E-state index is 12.9. The van der Waals surface area contributed by atoms with Crippen molar-refractivity contribution in [3.63, 3.8) is 0 Å². The molecule has 3 rings (SSSR count). The molecule has 1 spiro atoms. The second-order valence-electron chi connectivity index (χ2n) is 5.80. The van der Waals surface area contributed by atoms with Crippen LogP contribution in [0.5, 0.6) is 0 Å². The lowest BCUT2D eigenvalue weighted by Gasteiger charge is -2.59. The number of hydrogen-bond acceptors (Lipinski definition) is 2. The summed E-state index contributed by atoms with van der Waals surface area (Å²) in [6.07, 6.45) is 3.59. The van der Waals surface area contributed by atoms with Gasteiger partial charge in [0.05, 0.1) is 25.6 Å². The van der Waals surface area contributed by atoms with Gasteiger partial charge in [-0.05, 0) is 31.6 Å². The lowest BCUT2D eigenvalue weighted by atomic mass is 9.56. The molecule has 0 amide bonds. The van der Waals surface area contributed by atoms with E-state index >= 15 is 0 Å². The standard InChI is InChI=1S/C12H19F2NO/c13-7-11(8-14)5-12(6-11)10(9-1-2-9)15-3-4-16-12/h9-10,15H,1-8H2. The fourth-order valence-electron chi connectivity index (χ4n) is 3.53. The minimum atomic E-state index is -0.730. The molecule has 3 fully saturated rings. The van der Waals surface area contributed by atoms with Crippen LogP contribution in [0.15, 0.2) is 0 Å². The van der Waals surface area contributed by atoms with E-state index in [2.05, 4.69) is 5.32 Å². The zero-order valence-corrected chi connectivity index (χ0v) is 9.48. The van der Waals surface area contributed by atoms with Crippen LogP contribution in [0, 0.1) is 11.3 Å². The lowest BCUT2D eigenvalue weighted by molar-refractivity contribution is -0.215. The summed E-state index contributed by atoms with van der Waals surface area (Å²) in [5.74, 6) is 0.678. The number of nitrogens with one attached hydrogen (secondary N) is 1. The first-order valence-electron chi connectivity index (χ1n) is 6.23. The maximum absolute atomic E-state index is 12.9. The smallest absolute Gasteiger partial charge is 0.0977 e. The summed E-state index contributed by atoms with van der Waals surface area (Å²) in [7, 11) is 0. The molecule has 1 heterocycles. The van der Waals surface area contributed by atoms with Gasteiger partial charge in [0.25, 0.3) is 0 Å². The van der Waals surface area contributed by atoms with Crippen LogP contribution in [0.2, 0.25) is 0 Å². The Morgan fingerprint density at radius 2 is 1.88 bits per heavy atom. The summed E-state index contributed by atoms with van der Waals surface area (Å²) in [5.41, 5.74) is -0.982. The van der Waals surface area contributed by atoms with Crippen molar-refractivity contribution in [2.24, 2.45) is 11.3 Å². The normalized spacial score (nSPS) is 36.0. The minimum Gasteiger partial charge on any atom is -0.372 e. The van der Waals surface area contributed by atoms with Crippen LogP contribution < -0.4 is 5.32 Å². The molecule has 16 heavy (non-hydrogen) atoms. The quantitative estimate of drug-likeness (QED) is 0.800. The number of alkyl halides is 2. The third kappa shape index (κ3) is 1.50. The number of rotatable bonds is 3. The molecule has 1 saturated heterocycles. The van der Waals surface area contributed by atoms with Gasteiger partial charge in [-0.2, -0.15) is 0 Å². The van der Waals surface area contributed by atoms with Crippen LogP contribution in [-0.4, -0.2) is 38.1 Å². The van der Waals surface area contributed by atoms with Crippen LogP contribution in [0.25, 0.3) is 0 Å². The minimum absolute atomic E-state index is 0.252. The summed E-state index contributed by atoms with van der Waals surface area (Å²) < 4.78 is 31.6. The molecule has 4 heteroatoms. The average Bonchev–Trinajstić information content (AvgIpc) is 3.09. The Balaban J connectivity index is 1.72. The molecular weight excluding hydrogens is 212 g/mol. The maximum Gasteiger partial charge on any atom is 0.0977 e. The molecular formula is C12H19F2NO. The number of hydrogen-bond donors (Lipinski definition) is 1. The van der Waals surface area contributed by atoms with E-state index in [9.17, 15) is 8.78 Å². The average molecular weight is 231 g/mol. The van der Waals surface area contributed by atoms with Gasteiger partial charge in [0, 0.05) is 18.0 Å². The lowest BCUT2D eigenvalue weighted by Crippen LogP contribution is -2.69. The van der Waals surface area contributed by atoms with Gasteiger partial charge in [0.2, 0.25) is 0 Å².